The van der Waals surface area contributed by atoms with Crippen LogP contribution >= 0.6 is 0 Å². The number of quaternary nitrogens is 1. The summed E-state index contributed by atoms with van der Waals surface area (Å²) in [7, 11) is 3.98. The number of hydrogen-bond donors (Lipinski definition) is 3. The van der Waals surface area contributed by atoms with Gasteiger partial charge in [0.2, 0.25) is 0 Å². The van der Waals surface area contributed by atoms with Gasteiger partial charge in [0.25, 0.3) is 0 Å². The molecular weight excluding hydrogens is 242 g/mol. The summed E-state index contributed by atoms with van der Waals surface area (Å²) >= 11 is 0. The van der Waals surface area contributed by atoms with Gasteiger partial charge in [-0.1, -0.05) is 18.2 Å². The van der Waals surface area contributed by atoms with E-state index in [2.05, 4.69) is 10.6 Å². The molecule has 19 heavy (non-hydrogen) atoms. The van der Waals surface area contributed by atoms with E-state index in [4.69, 9.17) is 0 Å². The van der Waals surface area contributed by atoms with E-state index >= 15 is 0 Å². The van der Waals surface area contributed by atoms with Gasteiger partial charge in [-0.05, 0) is 25.0 Å². The molecule has 0 radical (unpaired) electrons. The van der Waals surface area contributed by atoms with Crippen LogP contribution in [0, 0.1) is 13.8 Å². The van der Waals surface area contributed by atoms with Crippen molar-refractivity contribution in [2.75, 3.05) is 32.5 Å². The summed E-state index contributed by atoms with van der Waals surface area (Å²) in [5, 5.41) is 5.26. The van der Waals surface area contributed by atoms with Gasteiger partial charge in [0, 0.05) is 5.69 Å². The van der Waals surface area contributed by atoms with Crippen molar-refractivity contribution in [2.45, 2.75) is 13.8 Å². The Bertz CT molecular complexity index is 450. The topological polar surface area (TPSA) is 62.6 Å². The average Bonchev–Trinajstić information content (AvgIpc) is 2.33. The summed E-state index contributed by atoms with van der Waals surface area (Å²) in [4.78, 5) is 24.6. The number of anilines is 1. The first-order valence-corrected chi connectivity index (χ1v) is 6.36. The lowest BCUT2D eigenvalue weighted by molar-refractivity contribution is -0.856. The Labute approximate surface area is 114 Å². The summed E-state index contributed by atoms with van der Waals surface area (Å²) in [5.41, 5.74) is 2.60. The second kappa shape index (κ2) is 6.89. The number of rotatable bonds is 4. The second-order valence-corrected chi connectivity index (χ2v) is 4.93. The molecule has 2 amide bonds. The van der Waals surface area contributed by atoms with E-state index in [1.807, 2.05) is 46.1 Å². The summed E-state index contributed by atoms with van der Waals surface area (Å²) in [5.74, 6) is -1.21. The minimum absolute atomic E-state index is 0.487. The molecule has 1 rings (SSSR count). The largest absolute Gasteiger partial charge is 0.342 e. The van der Waals surface area contributed by atoms with Crippen LogP contribution in [0.15, 0.2) is 18.2 Å². The molecule has 0 aliphatic heterocycles. The molecule has 0 saturated heterocycles. The van der Waals surface area contributed by atoms with Gasteiger partial charge in [0.05, 0.1) is 27.2 Å². The number of carbonyl (C=O) groups excluding carboxylic acids is 2. The van der Waals surface area contributed by atoms with Crippen molar-refractivity contribution in [2.24, 2.45) is 0 Å². The van der Waals surface area contributed by atoms with Crippen LogP contribution in [-0.2, 0) is 9.59 Å². The summed E-state index contributed by atoms with van der Waals surface area (Å²) < 4.78 is 0. The first kappa shape index (κ1) is 15.2. The SMILES string of the molecule is Cc1cccc(C)c1NC(=O)C(=O)NCC[NH+](C)C. The monoisotopic (exact) mass is 264 g/mol. The van der Waals surface area contributed by atoms with E-state index in [9.17, 15) is 9.59 Å². The molecule has 0 fully saturated rings. The van der Waals surface area contributed by atoms with E-state index in [1.165, 1.54) is 4.90 Å². The van der Waals surface area contributed by atoms with Crippen molar-refractivity contribution >= 4 is 17.5 Å². The molecule has 0 heterocycles. The maximum absolute atomic E-state index is 11.8. The summed E-state index contributed by atoms with van der Waals surface area (Å²) in [6, 6.07) is 5.71. The van der Waals surface area contributed by atoms with Gasteiger partial charge in [-0.2, -0.15) is 0 Å². The molecule has 5 heteroatoms. The van der Waals surface area contributed by atoms with Crippen LogP contribution in [0.2, 0.25) is 0 Å². The number of aryl methyl sites for hydroxylation is 2. The fraction of sp³-hybridized carbons (Fsp3) is 0.429. The van der Waals surface area contributed by atoms with Crippen LogP contribution in [0.4, 0.5) is 5.69 Å². The highest BCUT2D eigenvalue weighted by atomic mass is 16.2. The summed E-state index contributed by atoms with van der Waals surface area (Å²) in [6.45, 7) is 5.07. The number of para-hydroxylation sites is 1. The van der Waals surface area contributed by atoms with Gasteiger partial charge in [0.15, 0.2) is 0 Å². The molecule has 0 bridgehead atoms. The van der Waals surface area contributed by atoms with E-state index in [0.29, 0.717) is 12.2 Å². The van der Waals surface area contributed by atoms with Crippen LogP contribution in [0.1, 0.15) is 11.1 Å². The number of likely N-dealkylation sites (N-methyl/N-ethyl adjacent to an activating group) is 1. The highest BCUT2D eigenvalue weighted by Crippen LogP contribution is 2.18. The molecule has 0 atom stereocenters. The number of hydrogen-bond acceptors (Lipinski definition) is 2. The third kappa shape index (κ3) is 4.71. The highest BCUT2D eigenvalue weighted by molar-refractivity contribution is 6.39. The van der Waals surface area contributed by atoms with Gasteiger partial charge in [-0.25, -0.2) is 0 Å². The lowest BCUT2D eigenvalue weighted by Gasteiger charge is -2.12. The molecular formula is C14H22N3O2+. The number of benzene rings is 1. The van der Waals surface area contributed by atoms with E-state index < -0.39 is 11.8 Å². The van der Waals surface area contributed by atoms with Gasteiger partial charge in [-0.3, -0.25) is 9.59 Å². The molecule has 0 spiro atoms. The first-order valence-electron chi connectivity index (χ1n) is 6.36. The number of carbonyl (C=O) groups is 2. The zero-order valence-electron chi connectivity index (χ0n) is 12.0. The van der Waals surface area contributed by atoms with Crippen molar-refractivity contribution in [3.05, 3.63) is 29.3 Å². The normalized spacial score (nSPS) is 10.4. The van der Waals surface area contributed by atoms with Crippen LogP contribution < -0.4 is 15.5 Å². The zero-order chi connectivity index (χ0) is 14.4. The van der Waals surface area contributed by atoms with E-state index in [0.717, 1.165) is 17.7 Å². The third-order valence-corrected chi connectivity index (χ3v) is 2.84. The zero-order valence-corrected chi connectivity index (χ0v) is 12.0. The van der Waals surface area contributed by atoms with Gasteiger partial charge in [0.1, 0.15) is 0 Å². The molecule has 0 aliphatic carbocycles. The Morgan fingerprint density at radius 1 is 1.11 bits per heavy atom. The fourth-order valence-corrected chi connectivity index (χ4v) is 1.69. The maximum Gasteiger partial charge on any atom is 0.313 e. The molecule has 1 aromatic carbocycles. The Morgan fingerprint density at radius 3 is 2.21 bits per heavy atom. The number of nitrogens with one attached hydrogen (secondary N) is 3. The summed E-state index contributed by atoms with van der Waals surface area (Å²) in [6.07, 6.45) is 0. The third-order valence-electron chi connectivity index (χ3n) is 2.84. The van der Waals surface area contributed by atoms with Crippen molar-refractivity contribution in [3.63, 3.8) is 0 Å². The smallest absolute Gasteiger partial charge is 0.313 e. The van der Waals surface area contributed by atoms with Crippen molar-refractivity contribution < 1.29 is 14.5 Å². The van der Waals surface area contributed by atoms with Gasteiger partial charge >= 0.3 is 11.8 Å². The second-order valence-electron chi connectivity index (χ2n) is 4.93. The predicted molar refractivity (Wildman–Crippen MR) is 75.2 cm³/mol. The Hall–Kier alpha value is -1.88. The molecule has 0 aromatic heterocycles. The van der Waals surface area contributed by atoms with Crippen molar-refractivity contribution in [1.29, 1.82) is 0 Å². The van der Waals surface area contributed by atoms with Crippen molar-refractivity contribution in [1.82, 2.24) is 5.32 Å². The Morgan fingerprint density at radius 2 is 1.68 bits per heavy atom. The minimum Gasteiger partial charge on any atom is -0.342 e. The van der Waals surface area contributed by atoms with Crippen LogP contribution in [-0.4, -0.2) is 39.0 Å². The van der Waals surface area contributed by atoms with E-state index in [1.54, 1.807) is 0 Å². The highest BCUT2D eigenvalue weighted by Gasteiger charge is 2.15. The molecule has 104 valence electrons. The Kier molecular flexibility index (Phi) is 5.51. The van der Waals surface area contributed by atoms with Crippen LogP contribution in [0.25, 0.3) is 0 Å². The standard InChI is InChI=1S/C14H21N3O2/c1-10-6-5-7-11(2)12(10)16-14(19)13(18)15-8-9-17(3)4/h5-7H,8-9H2,1-4H3,(H,15,18)(H,16,19)/p+1. The van der Waals surface area contributed by atoms with Crippen LogP contribution in [0.3, 0.4) is 0 Å². The van der Waals surface area contributed by atoms with E-state index in [-0.39, 0.29) is 0 Å². The Balaban J connectivity index is 2.57. The quantitative estimate of drug-likeness (QED) is 0.642. The molecule has 1 aromatic rings. The van der Waals surface area contributed by atoms with Gasteiger partial charge < -0.3 is 15.5 Å². The molecule has 0 aliphatic rings. The van der Waals surface area contributed by atoms with Gasteiger partial charge in [-0.15, -0.1) is 0 Å². The molecule has 3 N–H and O–H groups in total. The molecule has 0 unspecified atom stereocenters. The first-order chi connectivity index (χ1) is 8.91. The maximum atomic E-state index is 11.8. The lowest BCUT2D eigenvalue weighted by atomic mass is 10.1. The average molecular weight is 264 g/mol. The minimum atomic E-state index is -0.619. The molecule has 0 saturated carbocycles. The van der Waals surface area contributed by atoms with Crippen LogP contribution in [0.5, 0.6) is 0 Å². The predicted octanol–water partition coefficient (Wildman–Crippen LogP) is -0.497. The number of amides is 2. The molecule has 5 nitrogen and oxygen atoms in total. The lowest BCUT2D eigenvalue weighted by Crippen LogP contribution is -3.06. The fourth-order valence-electron chi connectivity index (χ4n) is 1.69. The van der Waals surface area contributed by atoms with Crippen molar-refractivity contribution in [3.8, 4) is 0 Å².